The smallest absolute Gasteiger partial charge is 0.357 e. The minimum absolute atomic E-state index is 0. The molecule has 22 heavy (non-hydrogen) atoms. The van der Waals surface area contributed by atoms with Gasteiger partial charge in [-0.1, -0.05) is 0 Å². The summed E-state index contributed by atoms with van der Waals surface area (Å²) >= 11 is 0. The number of benzene rings is 1. The Bertz CT molecular complexity index is 491. The largest absolute Gasteiger partial charge is 0.390 e. The zero-order valence-electron chi connectivity index (χ0n) is 11.8. The first kappa shape index (κ1) is 20.9. The third kappa shape index (κ3) is 8.35. The molecule has 3 nitrogen and oxygen atoms in total. The fourth-order valence-electron chi connectivity index (χ4n) is 1.49. The van der Waals surface area contributed by atoms with Gasteiger partial charge in [0.1, 0.15) is 11.6 Å². The molecule has 0 fully saturated rings. The van der Waals surface area contributed by atoms with Crippen LogP contribution < -0.4 is 10.6 Å². The predicted octanol–water partition coefficient (Wildman–Crippen LogP) is 3.59. The summed E-state index contributed by atoms with van der Waals surface area (Å²) in [7, 11) is 0. The normalized spacial score (nSPS) is 11.8. The predicted molar refractivity (Wildman–Crippen MR) is 85.3 cm³/mol. The Hall–Kier alpha value is -1.13. The summed E-state index contributed by atoms with van der Waals surface area (Å²) in [6.45, 7) is 1.65. The van der Waals surface area contributed by atoms with E-state index < -0.39 is 24.2 Å². The van der Waals surface area contributed by atoms with E-state index in [9.17, 15) is 22.0 Å². The summed E-state index contributed by atoms with van der Waals surface area (Å²) in [5.41, 5.74) is 0.0306. The highest BCUT2D eigenvalue weighted by atomic mass is 127. The van der Waals surface area contributed by atoms with Gasteiger partial charge in [-0.3, -0.25) is 0 Å². The highest BCUT2D eigenvalue weighted by Crippen LogP contribution is 2.18. The molecule has 0 aliphatic carbocycles. The number of hydrogen-bond acceptors (Lipinski definition) is 1. The van der Waals surface area contributed by atoms with Gasteiger partial charge < -0.3 is 10.6 Å². The van der Waals surface area contributed by atoms with Gasteiger partial charge in [0.05, 0.1) is 13.0 Å². The van der Waals surface area contributed by atoms with Crippen LogP contribution in [0.25, 0.3) is 0 Å². The van der Waals surface area contributed by atoms with Crippen molar-refractivity contribution >= 4 is 29.9 Å². The van der Waals surface area contributed by atoms with Crippen molar-refractivity contribution < 1.29 is 22.0 Å². The maximum Gasteiger partial charge on any atom is 0.390 e. The molecule has 0 radical (unpaired) electrons. The van der Waals surface area contributed by atoms with Crippen LogP contribution in [0.3, 0.4) is 0 Å². The van der Waals surface area contributed by atoms with Crippen molar-refractivity contribution in [2.75, 3.05) is 13.1 Å². The quantitative estimate of drug-likeness (QED) is 0.320. The van der Waals surface area contributed by atoms with E-state index in [1.807, 2.05) is 0 Å². The summed E-state index contributed by atoms with van der Waals surface area (Å²) < 4.78 is 62.5. The first-order valence-corrected chi connectivity index (χ1v) is 6.34. The third-order valence-electron chi connectivity index (χ3n) is 2.46. The molecule has 0 amide bonds. The SMILES string of the molecule is CCNC(=NCc1cc(F)ccc1F)NCCC(F)(F)F.I. The van der Waals surface area contributed by atoms with Crippen molar-refractivity contribution in [3.63, 3.8) is 0 Å². The second-order valence-corrected chi connectivity index (χ2v) is 4.22. The maximum atomic E-state index is 13.4. The van der Waals surface area contributed by atoms with Crippen molar-refractivity contribution in [2.24, 2.45) is 4.99 Å². The molecular formula is C13H17F5IN3. The summed E-state index contributed by atoms with van der Waals surface area (Å²) in [6, 6.07) is 2.96. The minimum atomic E-state index is -4.26. The Morgan fingerprint density at radius 3 is 2.45 bits per heavy atom. The summed E-state index contributed by atoms with van der Waals surface area (Å²) in [5.74, 6) is -1.10. The van der Waals surface area contributed by atoms with E-state index >= 15 is 0 Å². The van der Waals surface area contributed by atoms with Crippen LogP contribution in [0, 0.1) is 11.6 Å². The van der Waals surface area contributed by atoms with Crippen molar-refractivity contribution in [1.82, 2.24) is 10.6 Å². The minimum Gasteiger partial charge on any atom is -0.357 e. The number of alkyl halides is 3. The molecule has 1 aromatic carbocycles. The van der Waals surface area contributed by atoms with E-state index in [0.717, 1.165) is 18.2 Å². The number of guanidine groups is 1. The molecule has 0 saturated heterocycles. The summed E-state index contributed by atoms with van der Waals surface area (Å²) in [5, 5.41) is 5.21. The number of nitrogens with zero attached hydrogens (tertiary/aromatic N) is 1. The van der Waals surface area contributed by atoms with E-state index in [-0.39, 0.29) is 48.6 Å². The van der Waals surface area contributed by atoms with Gasteiger partial charge in [-0.05, 0) is 25.1 Å². The van der Waals surface area contributed by atoms with Crippen LogP contribution >= 0.6 is 24.0 Å². The van der Waals surface area contributed by atoms with Crippen LogP contribution in [0.1, 0.15) is 18.9 Å². The first-order chi connectivity index (χ1) is 9.81. The molecule has 1 rings (SSSR count). The maximum absolute atomic E-state index is 13.4. The lowest BCUT2D eigenvalue weighted by molar-refractivity contribution is -0.132. The van der Waals surface area contributed by atoms with E-state index in [4.69, 9.17) is 0 Å². The molecule has 126 valence electrons. The zero-order valence-corrected chi connectivity index (χ0v) is 14.1. The molecule has 2 N–H and O–H groups in total. The van der Waals surface area contributed by atoms with Crippen molar-refractivity contribution in [2.45, 2.75) is 26.1 Å². The van der Waals surface area contributed by atoms with Gasteiger partial charge in [-0.2, -0.15) is 13.2 Å². The van der Waals surface area contributed by atoms with Crippen molar-refractivity contribution in [3.8, 4) is 0 Å². The lowest BCUT2D eigenvalue weighted by Crippen LogP contribution is -2.38. The van der Waals surface area contributed by atoms with Gasteiger partial charge in [0.25, 0.3) is 0 Å². The lowest BCUT2D eigenvalue weighted by Gasteiger charge is -2.12. The van der Waals surface area contributed by atoms with Crippen LogP contribution in [0.2, 0.25) is 0 Å². The molecule has 0 aliphatic heterocycles. The Morgan fingerprint density at radius 1 is 1.18 bits per heavy atom. The fraction of sp³-hybridized carbons (Fsp3) is 0.462. The van der Waals surface area contributed by atoms with Gasteiger partial charge in [0, 0.05) is 18.7 Å². The highest BCUT2D eigenvalue weighted by Gasteiger charge is 2.26. The van der Waals surface area contributed by atoms with E-state index in [1.54, 1.807) is 6.92 Å². The molecule has 0 spiro atoms. The molecule has 1 aromatic rings. The Kier molecular flexibility index (Phi) is 9.30. The highest BCUT2D eigenvalue weighted by molar-refractivity contribution is 14.0. The zero-order chi connectivity index (χ0) is 15.9. The molecular weight excluding hydrogens is 420 g/mol. The number of rotatable bonds is 5. The molecule has 9 heteroatoms. The molecule has 0 aliphatic rings. The second kappa shape index (κ2) is 9.80. The van der Waals surface area contributed by atoms with Crippen LogP contribution in [0.15, 0.2) is 23.2 Å². The number of hydrogen-bond donors (Lipinski definition) is 2. The molecule has 0 saturated carbocycles. The Balaban J connectivity index is 0.00000441. The Morgan fingerprint density at radius 2 is 1.86 bits per heavy atom. The molecule has 0 unspecified atom stereocenters. The van der Waals surface area contributed by atoms with Gasteiger partial charge >= 0.3 is 6.18 Å². The van der Waals surface area contributed by atoms with Crippen molar-refractivity contribution in [1.29, 1.82) is 0 Å². The molecule has 0 atom stereocenters. The van der Waals surface area contributed by atoms with E-state index in [0.29, 0.717) is 6.54 Å². The van der Waals surface area contributed by atoms with Crippen LogP contribution in [-0.4, -0.2) is 25.2 Å². The van der Waals surface area contributed by atoms with Crippen LogP contribution in [0.4, 0.5) is 22.0 Å². The first-order valence-electron chi connectivity index (χ1n) is 6.34. The topological polar surface area (TPSA) is 36.4 Å². The molecule has 0 heterocycles. The Labute approximate surface area is 142 Å². The van der Waals surface area contributed by atoms with Crippen molar-refractivity contribution in [3.05, 3.63) is 35.4 Å². The average molecular weight is 437 g/mol. The average Bonchev–Trinajstić information content (AvgIpc) is 2.38. The number of nitrogens with one attached hydrogen (secondary N) is 2. The van der Waals surface area contributed by atoms with Gasteiger partial charge in [-0.15, -0.1) is 24.0 Å². The summed E-state index contributed by atoms with van der Waals surface area (Å²) in [6.07, 6.45) is -5.27. The summed E-state index contributed by atoms with van der Waals surface area (Å²) in [4.78, 5) is 3.93. The fourth-order valence-corrected chi connectivity index (χ4v) is 1.49. The molecule has 0 bridgehead atoms. The number of aliphatic imine (C=N–C) groups is 1. The van der Waals surface area contributed by atoms with E-state index in [2.05, 4.69) is 15.6 Å². The number of halogens is 6. The standard InChI is InChI=1S/C13H16F5N3.HI/c1-2-19-12(20-6-5-13(16,17)18)21-8-9-7-10(14)3-4-11(9)15;/h3-4,7H,2,5-6,8H2,1H3,(H2,19,20,21);1H. The van der Waals surface area contributed by atoms with Crippen LogP contribution in [-0.2, 0) is 6.54 Å². The van der Waals surface area contributed by atoms with Gasteiger partial charge in [0.2, 0.25) is 0 Å². The monoisotopic (exact) mass is 437 g/mol. The third-order valence-corrected chi connectivity index (χ3v) is 2.46. The lowest BCUT2D eigenvalue weighted by atomic mass is 10.2. The van der Waals surface area contributed by atoms with Crippen LogP contribution in [0.5, 0.6) is 0 Å². The van der Waals surface area contributed by atoms with Gasteiger partial charge in [-0.25, -0.2) is 13.8 Å². The second-order valence-electron chi connectivity index (χ2n) is 4.22. The van der Waals surface area contributed by atoms with E-state index in [1.165, 1.54) is 0 Å². The van der Waals surface area contributed by atoms with Gasteiger partial charge in [0.15, 0.2) is 5.96 Å². The molecule has 0 aromatic heterocycles.